The van der Waals surface area contributed by atoms with Crippen molar-refractivity contribution in [3.8, 4) is 0 Å². The van der Waals surface area contributed by atoms with Crippen LogP contribution in [0.4, 0.5) is 0 Å². The number of aliphatic hydroxyl groups is 1. The van der Waals surface area contributed by atoms with Crippen molar-refractivity contribution < 1.29 is 9.90 Å². The van der Waals surface area contributed by atoms with Crippen LogP contribution in [-0.4, -0.2) is 46.0 Å². The number of carbonyl (C=O) groups is 1. The molecule has 1 amide bonds. The van der Waals surface area contributed by atoms with Crippen molar-refractivity contribution in [3.63, 3.8) is 0 Å². The van der Waals surface area contributed by atoms with Crippen molar-refractivity contribution in [3.05, 3.63) is 17.5 Å². The lowest BCUT2D eigenvalue weighted by Crippen LogP contribution is -2.44. The Morgan fingerprint density at radius 2 is 2.50 bits per heavy atom. The fourth-order valence-corrected chi connectivity index (χ4v) is 2.19. The normalized spacial score (nSPS) is 23.3. The SMILES string of the molecule is CCn1nc(C)cc1C(=O)NCC1(O)CCNC1. The Bertz CT molecular complexity index is 435. The molecule has 6 nitrogen and oxygen atoms in total. The van der Waals surface area contributed by atoms with Gasteiger partial charge in [0.15, 0.2) is 0 Å². The van der Waals surface area contributed by atoms with Gasteiger partial charge in [-0.1, -0.05) is 0 Å². The number of carbonyl (C=O) groups excluding carboxylic acids is 1. The third-order valence-electron chi connectivity index (χ3n) is 3.23. The van der Waals surface area contributed by atoms with Crippen LogP contribution in [0.5, 0.6) is 0 Å². The molecule has 100 valence electrons. The first-order valence-electron chi connectivity index (χ1n) is 6.30. The van der Waals surface area contributed by atoms with Gasteiger partial charge < -0.3 is 15.7 Å². The van der Waals surface area contributed by atoms with Crippen molar-refractivity contribution in [2.24, 2.45) is 0 Å². The molecular formula is C12H20N4O2. The summed E-state index contributed by atoms with van der Waals surface area (Å²) in [5.74, 6) is -0.183. The maximum absolute atomic E-state index is 12.0. The molecule has 1 aromatic rings. The molecule has 0 saturated carbocycles. The van der Waals surface area contributed by atoms with Gasteiger partial charge in [-0.05, 0) is 32.9 Å². The van der Waals surface area contributed by atoms with Crippen molar-refractivity contribution in [1.29, 1.82) is 0 Å². The highest BCUT2D eigenvalue weighted by atomic mass is 16.3. The van der Waals surface area contributed by atoms with Gasteiger partial charge >= 0.3 is 0 Å². The van der Waals surface area contributed by atoms with Crippen molar-refractivity contribution in [1.82, 2.24) is 20.4 Å². The summed E-state index contributed by atoms with van der Waals surface area (Å²) in [6, 6.07) is 1.76. The second-order valence-corrected chi connectivity index (χ2v) is 4.82. The largest absolute Gasteiger partial charge is 0.387 e. The first-order valence-corrected chi connectivity index (χ1v) is 6.30. The van der Waals surface area contributed by atoms with Crippen LogP contribution in [0.1, 0.15) is 29.5 Å². The molecule has 0 radical (unpaired) electrons. The molecule has 0 spiro atoms. The molecule has 1 unspecified atom stereocenters. The van der Waals surface area contributed by atoms with Crippen LogP contribution in [-0.2, 0) is 6.54 Å². The topological polar surface area (TPSA) is 79.2 Å². The molecule has 1 atom stereocenters. The number of aromatic nitrogens is 2. The van der Waals surface area contributed by atoms with E-state index in [1.165, 1.54) is 0 Å². The second-order valence-electron chi connectivity index (χ2n) is 4.82. The number of rotatable bonds is 4. The van der Waals surface area contributed by atoms with E-state index in [9.17, 15) is 9.90 Å². The maximum atomic E-state index is 12.0. The Kier molecular flexibility index (Phi) is 3.68. The molecule has 1 aromatic heterocycles. The fourth-order valence-electron chi connectivity index (χ4n) is 2.19. The lowest BCUT2D eigenvalue weighted by Gasteiger charge is -2.21. The third-order valence-corrected chi connectivity index (χ3v) is 3.23. The van der Waals surface area contributed by atoms with E-state index in [1.54, 1.807) is 10.7 Å². The Morgan fingerprint density at radius 3 is 3.11 bits per heavy atom. The van der Waals surface area contributed by atoms with Crippen LogP contribution in [0.2, 0.25) is 0 Å². The molecule has 1 aliphatic rings. The molecule has 0 aliphatic carbocycles. The van der Waals surface area contributed by atoms with E-state index in [0.29, 0.717) is 25.2 Å². The van der Waals surface area contributed by atoms with Crippen molar-refractivity contribution in [2.75, 3.05) is 19.6 Å². The highest BCUT2D eigenvalue weighted by Crippen LogP contribution is 2.13. The number of aryl methyl sites for hydroxylation is 2. The minimum Gasteiger partial charge on any atom is -0.387 e. The number of amides is 1. The van der Waals surface area contributed by atoms with Crippen molar-refractivity contribution in [2.45, 2.75) is 32.4 Å². The summed E-state index contributed by atoms with van der Waals surface area (Å²) in [7, 11) is 0. The average molecular weight is 252 g/mol. The van der Waals surface area contributed by atoms with Crippen LogP contribution in [0.3, 0.4) is 0 Å². The monoisotopic (exact) mass is 252 g/mol. The molecule has 6 heteroatoms. The fraction of sp³-hybridized carbons (Fsp3) is 0.667. The molecule has 1 fully saturated rings. The molecule has 1 aliphatic heterocycles. The summed E-state index contributed by atoms with van der Waals surface area (Å²) < 4.78 is 1.67. The lowest BCUT2D eigenvalue weighted by atomic mass is 10.0. The average Bonchev–Trinajstić information content (AvgIpc) is 2.93. The Hall–Kier alpha value is -1.40. The first-order chi connectivity index (χ1) is 8.54. The molecule has 2 heterocycles. The summed E-state index contributed by atoms with van der Waals surface area (Å²) >= 11 is 0. The van der Waals surface area contributed by atoms with Gasteiger partial charge in [-0.2, -0.15) is 5.10 Å². The molecule has 0 aromatic carbocycles. The molecular weight excluding hydrogens is 232 g/mol. The number of β-amino-alcohol motifs (C(OH)–C–C–N with tert-alkyl or cyclic N) is 1. The van der Waals surface area contributed by atoms with Gasteiger partial charge in [0.1, 0.15) is 5.69 Å². The number of nitrogens with one attached hydrogen (secondary N) is 2. The zero-order valence-electron chi connectivity index (χ0n) is 10.9. The summed E-state index contributed by atoms with van der Waals surface area (Å²) in [6.45, 7) is 6.04. The van der Waals surface area contributed by atoms with E-state index >= 15 is 0 Å². The van der Waals surface area contributed by atoms with Gasteiger partial charge in [0, 0.05) is 19.6 Å². The first kappa shape index (κ1) is 13.0. The molecule has 18 heavy (non-hydrogen) atoms. The summed E-state index contributed by atoms with van der Waals surface area (Å²) in [6.07, 6.45) is 0.666. The summed E-state index contributed by atoms with van der Waals surface area (Å²) in [4.78, 5) is 12.0. The Morgan fingerprint density at radius 1 is 1.72 bits per heavy atom. The number of hydrogen-bond donors (Lipinski definition) is 3. The van der Waals surface area contributed by atoms with Gasteiger partial charge in [0.2, 0.25) is 0 Å². The standard InChI is InChI=1S/C12H20N4O2/c1-3-16-10(6-9(2)15-16)11(17)14-8-12(18)4-5-13-7-12/h6,13,18H,3-5,7-8H2,1-2H3,(H,14,17). The van der Waals surface area contributed by atoms with E-state index < -0.39 is 5.60 Å². The van der Waals surface area contributed by atoms with Crippen LogP contribution < -0.4 is 10.6 Å². The van der Waals surface area contributed by atoms with Gasteiger partial charge in [-0.3, -0.25) is 9.48 Å². The van der Waals surface area contributed by atoms with E-state index in [-0.39, 0.29) is 12.5 Å². The lowest BCUT2D eigenvalue weighted by molar-refractivity contribution is 0.0558. The molecule has 2 rings (SSSR count). The minimum atomic E-state index is -0.818. The number of nitrogens with zero attached hydrogens (tertiary/aromatic N) is 2. The Labute approximate surface area is 106 Å². The third kappa shape index (κ3) is 2.70. The van der Waals surface area contributed by atoms with Crippen molar-refractivity contribution >= 4 is 5.91 Å². The molecule has 0 bridgehead atoms. The predicted molar refractivity (Wildman–Crippen MR) is 67.4 cm³/mol. The summed E-state index contributed by atoms with van der Waals surface area (Å²) in [5.41, 5.74) is 0.551. The Balaban J connectivity index is 1.99. The van der Waals surface area contributed by atoms with E-state index in [0.717, 1.165) is 12.2 Å². The zero-order chi connectivity index (χ0) is 13.2. The maximum Gasteiger partial charge on any atom is 0.269 e. The molecule has 1 saturated heterocycles. The highest BCUT2D eigenvalue weighted by Gasteiger charge is 2.31. The van der Waals surface area contributed by atoms with Crippen LogP contribution >= 0.6 is 0 Å². The minimum absolute atomic E-state index is 0.183. The van der Waals surface area contributed by atoms with E-state index in [1.807, 2.05) is 13.8 Å². The smallest absolute Gasteiger partial charge is 0.269 e. The van der Waals surface area contributed by atoms with Gasteiger partial charge in [-0.25, -0.2) is 0 Å². The van der Waals surface area contributed by atoms with Gasteiger partial charge in [-0.15, -0.1) is 0 Å². The number of hydrogen-bond acceptors (Lipinski definition) is 4. The van der Waals surface area contributed by atoms with Crippen LogP contribution in [0.25, 0.3) is 0 Å². The highest BCUT2D eigenvalue weighted by molar-refractivity contribution is 5.92. The quantitative estimate of drug-likeness (QED) is 0.685. The van der Waals surface area contributed by atoms with E-state index in [2.05, 4.69) is 15.7 Å². The van der Waals surface area contributed by atoms with Crippen LogP contribution in [0.15, 0.2) is 6.07 Å². The molecule has 3 N–H and O–H groups in total. The zero-order valence-corrected chi connectivity index (χ0v) is 10.9. The van der Waals surface area contributed by atoms with Gasteiger partial charge in [0.25, 0.3) is 5.91 Å². The second kappa shape index (κ2) is 5.07. The van der Waals surface area contributed by atoms with Crippen LogP contribution in [0, 0.1) is 6.92 Å². The predicted octanol–water partition coefficient (Wildman–Crippen LogP) is -0.334. The van der Waals surface area contributed by atoms with Gasteiger partial charge in [0.05, 0.1) is 11.3 Å². The van der Waals surface area contributed by atoms with E-state index in [4.69, 9.17) is 0 Å². The summed E-state index contributed by atoms with van der Waals surface area (Å²) in [5, 5.41) is 20.2.